The zero-order valence-electron chi connectivity index (χ0n) is 20.8. The minimum absolute atomic E-state index is 0.433. The van der Waals surface area contributed by atoms with Crippen LogP contribution in [0.3, 0.4) is 0 Å². The van der Waals surface area contributed by atoms with Gasteiger partial charge in [0.05, 0.1) is 10.4 Å². The van der Waals surface area contributed by atoms with Crippen LogP contribution in [-0.4, -0.2) is 0 Å². The molecule has 4 bridgehead atoms. The van der Waals surface area contributed by atoms with Crippen LogP contribution in [0.1, 0.15) is 44.1 Å². The minimum atomic E-state index is 0.433. The molecule has 0 unspecified atom stereocenters. The van der Waals surface area contributed by atoms with Crippen molar-refractivity contribution < 1.29 is 0 Å². The van der Waals surface area contributed by atoms with E-state index < -0.39 is 0 Å². The highest BCUT2D eigenvalue weighted by Gasteiger charge is 2.51. The predicted octanol–water partition coefficient (Wildman–Crippen LogP) is 10.6. The number of anilines is 2. The topological polar surface area (TPSA) is 12.0 Å². The van der Waals surface area contributed by atoms with Crippen molar-refractivity contribution in [2.24, 2.45) is 17.8 Å². The second-order valence-electron chi connectivity index (χ2n) is 12.1. The molecular weight excluding hydrogens is 487 g/mol. The Kier molecular flexibility index (Phi) is 4.32. The number of thiophene rings is 2. The van der Waals surface area contributed by atoms with E-state index in [9.17, 15) is 0 Å². The molecule has 4 saturated carbocycles. The Morgan fingerprint density at radius 3 is 2.11 bits per heavy atom. The van der Waals surface area contributed by atoms with E-state index in [4.69, 9.17) is 0 Å². The number of fused-ring (bicyclic) bond motifs is 6. The van der Waals surface area contributed by atoms with E-state index in [2.05, 4.69) is 84.2 Å². The summed E-state index contributed by atoms with van der Waals surface area (Å²) in [4.78, 5) is 0. The summed E-state index contributed by atoms with van der Waals surface area (Å²) < 4.78 is 5.49. The monoisotopic (exact) mass is 515 g/mol. The predicted molar refractivity (Wildman–Crippen MR) is 162 cm³/mol. The highest BCUT2D eigenvalue weighted by atomic mass is 32.1. The Bertz CT molecular complexity index is 1820. The van der Waals surface area contributed by atoms with E-state index in [-0.39, 0.29) is 0 Å². The molecule has 0 saturated heterocycles. The molecule has 1 N–H and O–H groups in total. The first-order valence-corrected chi connectivity index (χ1v) is 15.5. The summed E-state index contributed by atoms with van der Waals surface area (Å²) in [5, 5.41) is 9.44. The van der Waals surface area contributed by atoms with Crippen LogP contribution in [0.15, 0.2) is 78.9 Å². The molecule has 1 nitrogen and oxygen atoms in total. The van der Waals surface area contributed by atoms with Crippen molar-refractivity contribution in [2.45, 2.75) is 43.9 Å². The van der Waals surface area contributed by atoms with Crippen LogP contribution in [0.25, 0.3) is 40.3 Å². The maximum Gasteiger partial charge on any atom is 0.0590 e. The standard InChI is InChI=1S/C34H29NS2/c1-2-9-29-24(5-1)25-6-3-8-28(33(25)37-29)35-27-7-4-10-31-32(27)26-16-23(11-12-30(26)36-31)34-17-20-13-21(18-34)15-22(14-20)19-34/h1-12,16,20-22,35H,13-15,17-19H2. The molecule has 4 aliphatic rings. The first kappa shape index (κ1) is 21.1. The minimum Gasteiger partial charge on any atom is -0.354 e. The molecule has 10 rings (SSSR count). The van der Waals surface area contributed by atoms with Gasteiger partial charge in [0.25, 0.3) is 0 Å². The average molecular weight is 516 g/mol. The van der Waals surface area contributed by atoms with Gasteiger partial charge in [-0.15, -0.1) is 22.7 Å². The van der Waals surface area contributed by atoms with Crippen LogP contribution in [-0.2, 0) is 5.41 Å². The molecule has 2 aromatic heterocycles. The first-order valence-electron chi connectivity index (χ1n) is 13.9. The van der Waals surface area contributed by atoms with Crippen LogP contribution >= 0.6 is 22.7 Å². The van der Waals surface area contributed by atoms with Gasteiger partial charge in [0.1, 0.15) is 0 Å². The Morgan fingerprint density at radius 1 is 0.595 bits per heavy atom. The number of nitrogens with one attached hydrogen (secondary N) is 1. The van der Waals surface area contributed by atoms with Crippen molar-refractivity contribution in [3.63, 3.8) is 0 Å². The van der Waals surface area contributed by atoms with Crippen LogP contribution in [0, 0.1) is 17.8 Å². The van der Waals surface area contributed by atoms with E-state index in [1.807, 2.05) is 22.7 Å². The van der Waals surface area contributed by atoms with Gasteiger partial charge in [-0.25, -0.2) is 0 Å². The average Bonchev–Trinajstić information content (AvgIpc) is 3.47. The third kappa shape index (κ3) is 3.08. The van der Waals surface area contributed by atoms with E-state index in [0.29, 0.717) is 5.41 Å². The normalized spacial score (nSPS) is 26.6. The molecule has 6 aromatic rings. The molecule has 4 aromatic carbocycles. The molecule has 37 heavy (non-hydrogen) atoms. The molecule has 3 heteroatoms. The Hall–Kier alpha value is -2.88. The highest BCUT2D eigenvalue weighted by molar-refractivity contribution is 7.26. The second-order valence-corrected chi connectivity index (χ2v) is 14.2. The van der Waals surface area contributed by atoms with Gasteiger partial charge >= 0.3 is 0 Å². The number of hydrogen-bond donors (Lipinski definition) is 1. The molecule has 2 heterocycles. The van der Waals surface area contributed by atoms with Gasteiger partial charge in [-0.2, -0.15) is 0 Å². The second kappa shape index (κ2) is 7.58. The van der Waals surface area contributed by atoms with Crippen LogP contribution in [0.2, 0.25) is 0 Å². The van der Waals surface area contributed by atoms with Gasteiger partial charge in [-0.3, -0.25) is 0 Å². The Morgan fingerprint density at radius 2 is 1.27 bits per heavy atom. The van der Waals surface area contributed by atoms with Crippen molar-refractivity contribution in [2.75, 3.05) is 5.32 Å². The zero-order valence-corrected chi connectivity index (χ0v) is 22.4. The highest BCUT2D eigenvalue weighted by Crippen LogP contribution is 2.61. The maximum atomic E-state index is 3.90. The van der Waals surface area contributed by atoms with Gasteiger partial charge < -0.3 is 5.32 Å². The third-order valence-corrected chi connectivity index (χ3v) is 12.2. The van der Waals surface area contributed by atoms with Gasteiger partial charge in [0.15, 0.2) is 0 Å². The van der Waals surface area contributed by atoms with Crippen molar-refractivity contribution in [3.05, 3.63) is 84.4 Å². The summed E-state index contributed by atoms with van der Waals surface area (Å²) in [5.41, 5.74) is 4.50. The van der Waals surface area contributed by atoms with Crippen molar-refractivity contribution in [1.29, 1.82) is 0 Å². The fourth-order valence-corrected chi connectivity index (χ4v) is 11.0. The summed E-state index contributed by atoms with van der Waals surface area (Å²) in [6.07, 6.45) is 8.77. The van der Waals surface area contributed by atoms with E-state index in [0.717, 1.165) is 17.8 Å². The largest absolute Gasteiger partial charge is 0.354 e. The number of rotatable bonds is 3. The lowest BCUT2D eigenvalue weighted by atomic mass is 9.48. The van der Waals surface area contributed by atoms with Crippen LogP contribution in [0.5, 0.6) is 0 Å². The quantitative estimate of drug-likeness (QED) is 0.247. The van der Waals surface area contributed by atoms with Crippen LogP contribution in [0.4, 0.5) is 11.4 Å². The van der Waals surface area contributed by atoms with Gasteiger partial charge in [0.2, 0.25) is 0 Å². The summed E-state index contributed by atoms with van der Waals surface area (Å²) in [6, 6.07) is 29.8. The summed E-state index contributed by atoms with van der Waals surface area (Å²) in [5.74, 6) is 2.92. The van der Waals surface area contributed by atoms with Gasteiger partial charge in [0, 0.05) is 41.3 Å². The summed E-state index contributed by atoms with van der Waals surface area (Å²) >= 11 is 3.84. The molecule has 4 fully saturated rings. The first-order chi connectivity index (χ1) is 18.2. The van der Waals surface area contributed by atoms with Gasteiger partial charge in [-0.1, -0.05) is 42.5 Å². The van der Waals surface area contributed by atoms with Crippen LogP contribution < -0.4 is 5.32 Å². The van der Waals surface area contributed by atoms with Crippen molar-refractivity contribution in [3.8, 4) is 0 Å². The molecule has 182 valence electrons. The number of hydrogen-bond acceptors (Lipinski definition) is 3. The molecule has 4 aliphatic carbocycles. The fourth-order valence-electron chi connectivity index (χ4n) is 8.72. The smallest absolute Gasteiger partial charge is 0.0590 e. The van der Waals surface area contributed by atoms with E-state index in [1.165, 1.54) is 90.2 Å². The molecular formula is C34H29NS2. The fraction of sp³-hybridized carbons (Fsp3) is 0.294. The number of benzene rings is 4. The van der Waals surface area contributed by atoms with Crippen molar-refractivity contribution in [1.82, 2.24) is 0 Å². The van der Waals surface area contributed by atoms with E-state index >= 15 is 0 Å². The molecule has 0 radical (unpaired) electrons. The molecule has 0 aliphatic heterocycles. The Balaban J connectivity index is 1.20. The SMILES string of the molecule is c1ccc2c(c1)sc1c(Nc3cccc4sc5ccc(C67CC8CC(CC(C8)C6)C7)cc5c34)cccc12. The lowest BCUT2D eigenvalue weighted by Gasteiger charge is -2.57. The molecule has 0 amide bonds. The summed E-state index contributed by atoms with van der Waals surface area (Å²) in [6.45, 7) is 0. The molecule has 0 atom stereocenters. The summed E-state index contributed by atoms with van der Waals surface area (Å²) in [7, 11) is 0. The third-order valence-electron chi connectivity index (χ3n) is 9.82. The maximum absolute atomic E-state index is 3.90. The van der Waals surface area contributed by atoms with Gasteiger partial charge in [-0.05, 0) is 104 Å². The zero-order chi connectivity index (χ0) is 24.1. The lowest BCUT2D eigenvalue weighted by molar-refractivity contribution is -0.00512. The van der Waals surface area contributed by atoms with Crippen molar-refractivity contribution >= 4 is 74.4 Å². The lowest BCUT2D eigenvalue weighted by Crippen LogP contribution is -2.48. The Labute approximate surface area is 225 Å². The van der Waals surface area contributed by atoms with E-state index in [1.54, 1.807) is 5.56 Å². The molecule has 0 spiro atoms.